The van der Waals surface area contributed by atoms with Crippen molar-refractivity contribution in [1.82, 2.24) is 0 Å². The second-order valence-corrected chi connectivity index (χ2v) is 1.74. The van der Waals surface area contributed by atoms with Crippen molar-refractivity contribution in [3.05, 3.63) is 12.7 Å². The van der Waals surface area contributed by atoms with Crippen LogP contribution in [-0.2, 0) is 21.1 Å². The third kappa shape index (κ3) is 8.61. The summed E-state index contributed by atoms with van der Waals surface area (Å²) in [6.45, 7) is 3.61. The third-order valence-corrected chi connectivity index (χ3v) is 1.11. The van der Waals surface area contributed by atoms with Gasteiger partial charge in [0, 0.05) is 6.10 Å². The Kier molecular flexibility index (Phi) is 15.6. The van der Waals surface area contributed by atoms with E-state index in [1.54, 1.807) is 14.0 Å². The smallest absolute Gasteiger partial charge is 0.660 e. The summed E-state index contributed by atoms with van der Waals surface area (Å²) in [6.07, 6.45) is -0.301. The van der Waals surface area contributed by atoms with Crippen LogP contribution in [0.2, 0.25) is 0 Å². The Bertz CT molecular complexity index is 50.3. The van der Waals surface area contributed by atoms with Crippen LogP contribution in [0.4, 0.5) is 0 Å². The van der Waals surface area contributed by atoms with E-state index in [1.807, 2.05) is 6.92 Å². The Morgan fingerprint density at radius 1 is 1.33 bits per heavy atom. The minimum atomic E-state index is -0.301. The molecule has 0 aromatic rings. The maximum atomic E-state index is 8.73. The predicted octanol–water partition coefficient (Wildman–Crippen LogP) is 1.21. The van der Waals surface area contributed by atoms with Gasteiger partial charge in [-0.05, 0) is 6.92 Å². The summed E-state index contributed by atoms with van der Waals surface area (Å²) in [6, 6.07) is 0.0833. The summed E-state index contributed by atoms with van der Waals surface area (Å²) in [5, 5.41) is 12.6. The minimum absolute atomic E-state index is 0. The van der Waals surface area contributed by atoms with Gasteiger partial charge in [-0.1, -0.05) is 6.92 Å². The molecule has 2 unspecified atom stereocenters. The molecule has 3 heteroatoms. The number of likely N-dealkylation sites (N-methyl/N-ethyl adjacent to an activating group) is 1. The number of hydrogen-bond donors (Lipinski definition) is 1. The van der Waals surface area contributed by atoms with Crippen LogP contribution >= 0.6 is 0 Å². The first-order chi connectivity index (χ1) is 3.18. The molecule has 0 aromatic carbocycles. The van der Waals surface area contributed by atoms with E-state index in [-0.39, 0.29) is 40.6 Å². The maximum absolute atomic E-state index is 8.73. The average molecular weight is 301 g/mol. The summed E-state index contributed by atoms with van der Waals surface area (Å²) in [4.78, 5) is 0. The summed E-state index contributed by atoms with van der Waals surface area (Å²) in [5.41, 5.74) is 0. The van der Waals surface area contributed by atoms with Crippen molar-refractivity contribution < 1.29 is 26.2 Å². The van der Waals surface area contributed by atoms with Gasteiger partial charge in [-0.25, -0.2) is 0 Å². The quantitative estimate of drug-likeness (QED) is 0.764. The Morgan fingerprint density at radius 2 is 1.67 bits per heavy atom. The summed E-state index contributed by atoms with van der Waals surface area (Å²) in [5.74, 6) is 0. The molecule has 2 atom stereocenters. The fourth-order valence-electron chi connectivity index (χ4n) is 0.216. The molecule has 56 valence electrons. The second kappa shape index (κ2) is 8.61. The fourth-order valence-corrected chi connectivity index (χ4v) is 0.216. The molecule has 0 rings (SSSR count). The van der Waals surface area contributed by atoms with Gasteiger partial charge in [-0.3, -0.25) is 0 Å². The first-order valence-electron chi connectivity index (χ1n) is 2.45. The Morgan fingerprint density at radius 3 is 1.67 bits per heavy atom. The molecule has 0 fully saturated rings. The van der Waals surface area contributed by atoms with Crippen LogP contribution < -0.4 is 0 Å². The minimum Gasteiger partial charge on any atom is -0.660 e. The molecular formula is C6H15NOW. The predicted molar refractivity (Wildman–Crippen MR) is 36.8 cm³/mol. The molecule has 0 aliphatic carbocycles. The van der Waals surface area contributed by atoms with Crippen molar-refractivity contribution in [2.75, 3.05) is 7.05 Å². The molecule has 0 bridgehead atoms. The number of nitrogens with zero attached hydrogens (tertiary/aromatic N) is 1. The number of aliphatic hydroxyl groups excluding tert-OH is 1. The largest absolute Gasteiger partial charge is 2.00 e. The van der Waals surface area contributed by atoms with E-state index in [4.69, 9.17) is 5.11 Å². The van der Waals surface area contributed by atoms with Gasteiger partial charge in [0.25, 0.3) is 0 Å². The summed E-state index contributed by atoms with van der Waals surface area (Å²) < 4.78 is 0. The summed E-state index contributed by atoms with van der Waals surface area (Å²) in [7, 11) is 1.71. The van der Waals surface area contributed by atoms with Gasteiger partial charge in [0.1, 0.15) is 0 Å². The molecule has 0 spiro atoms. The molecule has 0 amide bonds. The van der Waals surface area contributed by atoms with E-state index < -0.39 is 0 Å². The van der Waals surface area contributed by atoms with Gasteiger partial charge < -0.3 is 17.8 Å². The van der Waals surface area contributed by atoms with Gasteiger partial charge in [-0.2, -0.15) is 7.05 Å². The maximum Gasteiger partial charge on any atom is 2.00 e. The van der Waals surface area contributed by atoms with E-state index in [0.29, 0.717) is 0 Å². The van der Waals surface area contributed by atoms with E-state index in [2.05, 4.69) is 5.32 Å². The van der Waals surface area contributed by atoms with Crippen LogP contribution in [0.3, 0.4) is 0 Å². The van der Waals surface area contributed by atoms with Crippen molar-refractivity contribution >= 4 is 0 Å². The van der Waals surface area contributed by atoms with E-state index in [0.717, 1.165) is 0 Å². The van der Waals surface area contributed by atoms with E-state index in [1.165, 1.54) is 0 Å². The van der Waals surface area contributed by atoms with Gasteiger partial charge in [-0.15, -0.1) is 6.04 Å². The summed E-state index contributed by atoms with van der Waals surface area (Å²) >= 11 is 0. The van der Waals surface area contributed by atoms with Gasteiger partial charge in [0.2, 0.25) is 0 Å². The second-order valence-electron chi connectivity index (χ2n) is 1.74. The van der Waals surface area contributed by atoms with Crippen LogP contribution in [0.5, 0.6) is 0 Å². The number of hydrogen-bond acceptors (Lipinski definition) is 1. The van der Waals surface area contributed by atoms with Crippen molar-refractivity contribution in [3.63, 3.8) is 0 Å². The van der Waals surface area contributed by atoms with Crippen molar-refractivity contribution in [2.45, 2.75) is 26.0 Å². The monoisotopic (exact) mass is 301 g/mol. The molecule has 0 heterocycles. The number of rotatable bonds is 2. The molecule has 0 saturated carbocycles. The molecule has 1 N–H and O–H groups in total. The Hall–Kier alpha value is 0.608. The molecule has 0 aliphatic rings. The first-order valence-corrected chi connectivity index (χ1v) is 2.45. The number of aliphatic hydroxyl groups is 1. The van der Waals surface area contributed by atoms with Crippen LogP contribution in [0.15, 0.2) is 0 Å². The SMILES string of the molecule is C[N-]C(C)C(C)O.[CH3-].[W+2]. The normalized spacial score (nSPS) is 14.7. The zero-order valence-corrected chi connectivity index (χ0v) is 9.39. The molecule has 0 saturated heterocycles. The van der Waals surface area contributed by atoms with Crippen molar-refractivity contribution in [2.24, 2.45) is 0 Å². The molecule has 0 aromatic heterocycles. The Labute approximate surface area is 72.3 Å². The van der Waals surface area contributed by atoms with Gasteiger partial charge in [0.05, 0.1) is 0 Å². The third-order valence-electron chi connectivity index (χ3n) is 1.11. The average Bonchev–Trinajstić information content (AvgIpc) is 1.65. The van der Waals surface area contributed by atoms with Gasteiger partial charge >= 0.3 is 21.1 Å². The van der Waals surface area contributed by atoms with Crippen LogP contribution in [0.1, 0.15) is 13.8 Å². The molecule has 0 radical (unpaired) electrons. The van der Waals surface area contributed by atoms with E-state index in [9.17, 15) is 0 Å². The van der Waals surface area contributed by atoms with Crippen LogP contribution in [0.25, 0.3) is 5.32 Å². The van der Waals surface area contributed by atoms with Crippen molar-refractivity contribution in [3.8, 4) is 0 Å². The zero-order chi connectivity index (χ0) is 5.86. The molecular weight excluding hydrogens is 286 g/mol. The first kappa shape index (κ1) is 16.3. The van der Waals surface area contributed by atoms with Gasteiger partial charge in [0.15, 0.2) is 0 Å². The zero-order valence-electron chi connectivity index (χ0n) is 6.46. The topological polar surface area (TPSA) is 34.3 Å². The molecule has 2 nitrogen and oxygen atoms in total. The van der Waals surface area contributed by atoms with Crippen molar-refractivity contribution in [1.29, 1.82) is 0 Å². The standard InChI is InChI=1S/C5H12NO.CH3.W/c1-4(6-3)5(2)7;;/h4-5,7H,1-3H3;1H3;/q2*-1;+2. The van der Waals surface area contributed by atoms with Crippen LogP contribution in [-0.4, -0.2) is 24.3 Å². The van der Waals surface area contributed by atoms with Crippen LogP contribution in [0, 0.1) is 7.43 Å². The van der Waals surface area contributed by atoms with E-state index >= 15 is 0 Å². The molecule has 9 heavy (non-hydrogen) atoms. The fraction of sp³-hybridized carbons (Fsp3) is 0.833. The Balaban J connectivity index is -0.000000180. The molecule has 0 aliphatic heterocycles.